The monoisotopic (exact) mass is 422 g/mol. The SMILES string of the molecule is CC(=O)OC1CC2C3(C)C(=O)CC(O)CC3=CCC2(O)C2(O)CCC(C(C)O)C12C. The number of esters is 1. The fourth-order valence-electron chi connectivity index (χ4n) is 7.64. The summed E-state index contributed by atoms with van der Waals surface area (Å²) in [5.41, 5.74) is -4.54. The molecule has 7 heteroatoms. The van der Waals surface area contributed by atoms with Gasteiger partial charge in [-0.2, -0.15) is 0 Å². The van der Waals surface area contributed by atoms with Crippen molar-refractivity contribution < 1.29 is 34.8 Å². The van der Waals surface area contributed by atoms with Crippen LogP contribution >= 0.6 is 0 Å². The molecule has 0 radical (unpaired) electrons. The molecule has 4 aliphatic rings. The van der Waals surface area contributed by atoms with Gasteiger partial charge in [-0.1, -0.05) is 18.6 Å². The van der Waals surface area contributed by atoms with Gasteiger partial charge in [0, 0.05) is 24.7 Å². The van der Waals surface area contributed by atoms with Crippen molar-refractivity contribution in [3.05, 3.63) is 11.6 Å². The molecule has 0 aromatic rings. The fourth-order valence-corrected chi connectivity index (χ4v) is 7.64. The summed E-state index contributed by atoms with van der Waals surface area (Å²) in [5, 5.41) is 44.8. The van der Waals surface area contributed by atoms with Crippen LogP contribution in [0.5, 0.6) is 0 Å². The molecule has 9 unspecified atom stereocenters. The van der Waals surface area contributed by atoms with E-state index in [0.29, 0.717) is 12.8 Å². The molecule has 3 saturated carbocycles. The fraction of sp³-hybridized carbons (Fsp3) is 0.826. The van der Waals surface area contributed by atoms with E-state index in [4.69, 9.17) is 4.74 Å². The van der Waals surface area contributed by atoms with Gasteiger partial charge in [-0.25, -0.2) is 0 Å². The van der Waals surface area contributed by atoms with E-state index < -0.39 is 52.2 Å². The second-order valence-corrected chi connectivity index (χ2v) is 10.5. The molecule has 4 N–H and O–H groups in total. The number of ether oxygens (including phenoxy) is 1. The molecule has 0 spiro atoms. The molecule has 168 valence electrons. The first-order chi connectivity index (χ1) is 13.8. The first kappa shape index (κ1) is 21.9. The zero-order valence-corrected chi connectivity index (χ0v) is 18.2. The molecular formula is C23H34O7. The third-order valence-corrected chi connectivity index (χ3v) is 9.26. The first-order valence-electron chi connectivity index (χ1n) is 11.0. The van der Waals surface area contributed by atoms with Gasteiger partial charge in [-0.3, -0.25) is 9.59 Å². The molecule has 4 aliphatic carbocycles. The number of aliphatic hydroxyl groups excluding tert-OH is 2. The lowest BCUT2D eigenvalue weighted by molar-refractivity contribution is -0.301. The summed E-state index contributed by atoms with van der Waals surface area (Å²) in [5.74, 6) is -1.67. The van der Waals surface area contributed by atoms with E-state index in [1.54, 1.807) is 20.8 Å². The second-order valence-electron chi connectivity index (χ2n) is 10.5. The Morgan fingerprint density at radius 3 is 2.53 bits per heavy atom. The lowest BCUT2D eigenvalue weighted by atomic mass is 9.42. The summed E-state index contributed by atoms with van der Waals surface area (Å²) in [7, 11) is 0. The number of rotatable bonds is 2. The summed E-state index contributed by atoms with van der Waals surface area (Å²) >= 11 is 0. The highest BCUT2D eigenvalue weighted by molar-refractivity contribution is 5.90. The minimum atomic E-state index is -1.63. The summed E-state index contributed by atoms with van der Waals surface area (Å²) in [4.78, 5) is 25.2. The summed E-state index contributed by atoms with van der Waals surface area (Å²) < 4.78 is 5.73. The number of hydrogen-bond acceptors (Lipinski definition) is 7. The predicted molar refractivity (Wildman–Crippen MR) is 107 cm³/mol. The van der Waals surface area contributed by atoms with E-state index in [2.05, 4.69) is 0 Å². The van der Waals surface area contributed by atoms with Crippen LogP contribution in [0.15, 0.2) is 11.6 Å². The van der Waals surface area contributed by atoms with E-state index in [0.717, 1.165) is 5.57 Å². The highest BCUT2D eigenvalue weighted by Gasteiger charge is 2.77. The molecule has 30 heavy (non-hydrogen) atoms. The summed E-state index contributed by atoms with van der Waals surface area (Å²) in [6, 6.07) is 0. The molecule has 4 rings (SSSR count). The average molecular weight is 423 g/mol. The minimum absolute atomic E-state index is 0.00461. The zero-order valence-electron chi connectivity index (χ0n) is 18.2. The number of fused-ring (bicyclic) bond motifs is 5. The van der Waals surface area contributed by atoms with Crippen molar-refractivity contribution >= 4 is 11.8 Å². The molecular weight excluding hydrogens is 388 g/mol. The largest absolute Gasteiger partial charge is 0.462 e. The molecule has 0 aliphatic heterocycles. The van der Waals surface area contributed by atoms with Crippen LogP contribution in [0.4, 0.5) is 0 Å². The maximum atomic E-state index is 13.2. The smallest absolute Gasteiger partial charge is 0.302 e. The Morgan fingerprint density at radius 2 is 1.93 bits per heavy atom. The Labute approximate surface area is 177 Å². The van der Waals surface area contributed by atoms with Crippen molar-refractivity contribution in [2.45, 2.75) is 95.7 Å². The highest BCUT2D eigenvalue weighted by atomic mass is 16.5. The summed E-state index contributed by atoms with van der Waals surface area (Å²) in [6.07, 6.45) is 1.05. The molecule has 0 aromatic heterocycles. The normalized spacial score (nSPS) is 51.3. The summed E-state index contributed by atoms with van der Waals surface area (Å²) in [6.45, 7) is 6.56. The van der Waals surface area contributed by atoms with Crippen molar-refractivity contribution in [3.8, 4) is 0 Å². The quantitative estimate of drug-likeness (QED) is 0.390. The van der Waals surface area contributed by atoms with Crippen LogP contribution in [-0.2, 0) is 14.3 Å². The van der Waals surface area contributed by atoms with Gasteiger partial charge in [0.05, 0.1) is 17.6 Å². The number of hydrogen-bond donors (Lipinski definition) is 4. The number of ketones is 1. The van der Waals surface area contributed by atoms with Gasteiger partial charge in [0.25, 0.3) is 0 Å². The van der Waals surface area contributed by atoms with E-state index in [9.17, 15) is 30.0 Å². The lowest BCUT2D eigenvalue weighted by Gasteiger charge is -2.66. The Balaban J connectivity index is 1.90. The van der Waals surface area contributed by atoms with E-state index >= 15 is 0 Å². The van der Waals surface area contributed by atoms with Crippen molar-refractivity contribution in [3.63, 3.8) is 0 Å². The second kappa shape index (κ2) is 6.61. The topological polar surface area (TPSA) is 124 Å². The van der Waals surface area contributed by atoms with Crippen molar-refractivity contribution in [1.82, 2.24) is 0 Å². The molecule has 9 atom stereocenters. The van der Waals surface area contributed by atoms with Gasteiger partial charge in [0.1, 0.15) is 23.1 Å². The third-order valence-electron chi connectivity index (χ3n) is 9.26. The highest BCUT2D eigenvalue weighted by Crippen LogP contribution is 2.69. The molecule has 0 bridgehead atoms. The predicted octanol–water partition coefficient (Wildman–Crippen LogP) is 1.26. The average Bonchev–Trinajstić information content (AvgIpc) is 2.92. The Bertz CT molecular complexity index is 805. The Kier molecular flexibility index (Phi) is 4.83. The van der Waals surface area contributed by atoms with Crippen molar-refractivity contribution in [2.75, 3.05) is 0 Å². The van der Waals surface area contributed by atoms with Gasteiger partial charge < -0.3 is 25.2 Å². The van der Waals surface area contributed by atoms with Crippen molar-refractivity contribution in [1.29, 1.82) is 0 Å². The van der Waals surface area contributed by atoms with Crippen molar-refractivity contribution in [2.24, 2.45) is 22.7 Å². The first-order valence-corrected chi connectivity index (χ1v) is 11.0. The van der Waals surface area contributed by atoms with E-state index in [1.807, 2.05) is 6.08 Å². The van der Waals surface area contributed by atoms with Gasteiger partial charge in [-0.15, -0.1) is 0 Å². The maximum Gasteiger partial charge on any atom is 0.302 e. The van der Waals surface area contributed by atoms with Gasteiger partial charge >= 0.3 is 5.97 Å². The third kappa shape index (κ3) is 2.46. The molecule has 7 nitrogen and oxygen atoms in total. The standard InChI is InChI=1S/C23H34O7/c1-12(24)16-6-8-23(29)21(16,4)19(30-13(2)25)11-17-20(3)14(5-7-22(17,23)28)9-15(26)10-18(20)27/h5,12,15-17,19,24,26,28-29H,6-11H2,1-4H3. The maximum absolute atomic E-state index is 13.2. The van der Waals surface area contributed by atoms with Crippen LogP contribution in [0.1, 0.15) is 66.2 Å². The van der Waals surface area contributed by atoms with Gasteiger partial charge in [-0.05, 0) is 51.9 Å². The van der Waals surface area contributed by atoms with E-state index in [1.165, 1.54) is 6.92 Å². The van der Waals surface area contributed by atoms with Crippen LogP contribution in [-0.4, -0.2) is 61.7 Å². The molecule has 0 saturated heterocycles. The number of aliphatic hydroxyl groups is 4. The van der Waals surface area contributed by atoms with Crippen LogP contribution in [0.3, 0.4) is 0 Å². The molecule has 3 fully saturated rings. The van der Waals surface area contributed by atoms with Crippen LogP contribution in [0.2, 0.25) is 0 Å². The van der Waals surface area contributed by atoms with Crippen LogP contribution in [0, 0.1) is 22.7 Å². The lowest BCUT2D eigenvalue weighted by Crippen LogP contribution is -2.76. The number of carbonyl (C=O) groups is 2. The van der Waals surface area contributed by atoms with Gasteiger partial charge in [0.15, 0.2) is 0 Å². The molecule has 0 aromatic carbocycles. The molecule has 0 heterocycles. The van der Waals surface area contributed by atoms with Crippen LogP contribution in [0.25, 0.3) is 0 Å². The van der Waals surface area contributed by atoms with Gasteiger partial charge in [0.2, 0.25) is 0 Å². The number of Topliss-reactive ketones (excluding diaryl/α,β-unsaturated/α-hetero) is 1. The Hall–Kier alpha value is -1.28. The Morgan fingerprint density at radius 1 is 1.27 bits per heavy atom. The van der Waals surface area contributed by atoms with Crippen LogP contribution < -0.4 is 0 Å². The zero-order chi connectivity index (χ0) is 22.3. The number of carbonyl (C=O) groups excluding carboxylic acids is 2. The van der Waals surface area contributed by atoms with E-state index in [-0.39, 0.29) is 37.4 Å². The minimum Gasteiger partial charge on any atom is -0.462 e. The molecule has 0 amide bonds.